The van der Waals surface area contributed by atoms with Crippen molar-refractivity contribution in [2.24, 2.45) is 0 Å². The summed E-state index contributed by atoms with van der Waals surface area (Å²) in [6, 6.07) is 37.8. The summed E-state index contributed by atoms with van der Waals surface area (Å²) in [6.07, 6.45) is -0.105. The van der Waals surface area contributed by atoms with Crippen molar-refractivity contribution < 1.29 is 41.9 Å². The first-order valence-corrected chi connectivity index (χ1v) is 22.8. The quantitative estimate of drug-likeness (QED) is 0.0689. The van der Waals surface area contributed by atoms with Gasteiger partial charge in [0.05, 0.1) is 23.9 Å². The number of benzene rings is 5. The Morgan fingerprint density at radius 3 is 2.10 bits per heavy atom. The largest absolute Gasteiger partial charge is 0.478 e. The molecule has 0 N–H and O–H groups in total. The summed E-state index contributed by atoms with van der Waals surface area (Å²) < 4.78 is 51.9. The maximum absolute atomic E-state index is 15.0. The van der Waals surface area contributed by atoms with Crippen LogP contribution in [0.2, 0.25) is 0 Å². The maximum atomic E-state index is 15.0. The lowest BCUT2D eigenvalue weighted by Gasteiger charge is -2.36. The number of carbonyl (C=O) groups excluding carboxylic acids is 3. The normalized spacial score (nSPS) is 15.5. The Morgan fingerprint density at radius 2 is 1.46 bits per heavy atom. The SMILES string of the molecule is CCOC(=O)[C@@H](C)OP(=O)(CCN1CCN(C(=O)c2c3c(c(OC(c4ccccc4)c4ccccc4)c4ncccc24)C(=O)N(Cc2ccc(F)cc2)C3)CC1)Oc1ccccc1. The molecule has 1 fully saturated rings. The van der Waals surface area contributed by atoms with E-state index in [4.69, 9.17) is 23.5 Å². The van der Waals surface area contributed by atoms with Gasteiger partial charge in [0.1, 0.15) is 23.2 Å². The molecule has 1 aromatic heterocycles. The monoisotopic (exact) mass is 870 g/mol. The van der Waals surface area contributed by atoms with Crippen LogP contribution in [0.1, 0.15) is 62.9 Å². The number of rotatable bonds is 16. The van der Waals surface area contributed by atoms with Gasteiger partial charge in [0, 0.05) is 63.0 Å². The average Bonchev–Trinajstić information content (AvgIpc) is 3.63. The molecule has 324 valence electrons. The Balaban J connectivity index is 1.09. The molecule has 8 rings (SSSR count). The minimum atomic E-state index is -3.85. The number of hydrogen-bond donors (Lipinski definition) is 0. The number of amides is 2. The van der Waals surface area contributed by atoms with Crippen LogP contribution in [0.15, 0.2) is 134 Å². The summed E-state index contributed by atoms with van der Waals surface area (Å²) in [5.41, 5.74) is 4.05. The fourth-order valence-corrected chi connectivity index (χ4v) is 9.82. The number of hydrogen-bond acceptors (Lipinski definition) is 10. The van der Waals surface area contributed by atoms with E-state index in [-0.39, 0.29) is 54.8 Å². The molecule has 3 heterocycles. The zero-order valence-electron chi connectivity index (χ0n) is 35.1. The summed E-state index contributed by atoms with van der Waals surface area (Å²) in [5.74, 6) is -0.953. The lowest BCUT2D eigenvalue weighted by Crippen LogP contribution is -2.49. The molecule has 0 saturated carbocycles. The molecule has 0 bridgehead atoms. The predicted molar refractivity (Wildman–Crippen MR) is 236 cm³/mol. The molecule has 1 saturated heterocycles. The number of ether oxygens (including phenoxy) is 2. The van der Waals surface area contributed by atoms with E-state index in [2.05, 4.69) is 4.90 Å². The Labute approximate surface area is 365 Å². The summed E-state index contributed by atoms with van der Waals surface area (Å²) in [6.45, 7) is 5.53. The number of carbonyl (C=O) groups is 3. The average molecular weight is 871 g/mol. The lowest BCUT2D eigenvalue weighted by molar-refractivity contribution is -0.150. The topological polar surface area (TPSA) is 128 Å². The Hall–Kier alpha value is -6.40. The van der Waals surface area contributed by atoms with Crippen LogP contribution in [-0.4, -0.2) is 89.1 Å². The Morgan fingerprint density at radius 1 is 0.825 bits per heavy atom. The molecule has 0 radical (unpaired) electrons. The molecule has 5 aromatic carbocycles. The predicted octanol–water partition coefficient (Wildman–Crippen LogP) is 8.70. The zero-order chi connectivity index (χ0) is 43.9. The van der Waals surface area contributed by atoms with Crippen molar-refractivity contribution in [2.45, 2.75) is 39.1 Å². The van der Waals surface area contributed by atoms with Crippen LogP contribution >= 0.6 is 7.60 Å². The van der Waals surface area contributed by atoms with E-state index in [1.165, 1.54) is 19.1 Å². The minimum Gasteiger partial charge on any atom is -0.478 e. The van der Waals surface area contributed by atoms with Crippen molar-refractivity contribution in [2.75, 3.05) is 45.5 Å². The van der Waals surface area contributed by atoms with Gasteiger partial charge in [-0.05, 0) is 60.9 Å². The van der Waals surface area contributed by atoms with E-state index in [0.717, 1.165) is 16.7 Å². The highest BCUT2D eigenvalue weighted by Crippen LogP contribution is 2.50. The van der Waals surface area contributed by atoms with Crippen molar-refractivity contribution >= 4 is 36.3 Å². The Kier molecular flexibility index (Phi) is 13.3. The van der Waals surface area contributed by atoms with Gasteiger partial charge in [0.25, 0.3) is 11.8 Å². The van der Waals surface area contributed by atoms with Crippen LogP contribution in [0.5, 0.6) is 11.5 Å². The molecule has 2 aliphatic rings. The molecule has 1 unspecified atom stereocenters. The number of nitrogens with zero attached hydrogens (tertiary/aromatic N) is 4. The van der Waals surface area contributed by atoms with Crippen LogP contribution in [0.4, 0.5) is 4.39 Å². The molecule has 2 aliphatic heterocycles. The first-order chi connectivity index (χ1) is 30.6. The second kappa shape index (κ2) is 19.3. The lowest BCUT2D eigenvalue weighted by atomic mass is 9.94. The van der Waals surface area contributed by atoms with E-state index >= 15 is 0 Å². The van der Waals surface area contributed by atoms with Gasteiger partial charge in [-0.25, -0.2) is 13.8 Å². The summed E-state index contributed by atoms with van der Waals surface area (Å²) in [7, 11) is -3.85. The van der Waals surface area contributed by atoms with Crippen molar-refractivity contribution in [3.05, 3.63) is 173 Å². The van der Waals surface area contributed by atoms with E-state index in [1.54, 1.807) is 65.4 Å². The first kappa shape index (κ1) is 43.3. The van der Waals surface area contributed by atoms with E-state index in [1.807, 2.05) is 72.8 Å². The highest BCUT2D eigenvalue weighted by Gasteiger charge is 2.40. The molecule has 2 atom stereocenters. The fourth-order valence-electron chi connectivity index (χ4n) is 8.04. The van der Waals surface area contributed by atoms with Crippen LogP contribution in [0.25, 0.3) is 10.9 Å². The molecule has 2 amide bonds. The van der Waals surface area contributed by atoms with Crippen LogP contribution in [0.3, 0.4) is 0 Å². The molecular formula is C49H48FN4O8P. The van der Waals surface area contributed by atoms with Crippen molar-refractivity contribution in [3.63, 3.8) is 0 Å². The van der Waals surface area contributed by atoms with Crippen molar-refractivity contribution in [3.8, 4) is 11.5 Å². The summed E-state index contributed by atoms with van der Waals surface area (Å²) in [4.78, 5) is 52.4. The number of piperazine rings is 1. The second-order valence-electron chi connectivity index (χ2n) is 15.4. The number of halogens is 1. The molecule has 63 heavy (non-hydrogen) atoms. The number of esters is 1. The van der Waals surface area contributed by atoms with Crippen molar-refractivity contribution in [1.29, 1.82) is 0 Å². The third kappa shape index (κ3) is 9.81. The number of aromatic nitrogens is 1. The van der Waals surface area contributed by atoms with Crippen molar-refractivity contribution in [1.82, 2.24) is 19.7 Å². The van der Waals surface area contributed by atoms with Crippen LogP contribution in [-0.2, 0) is 31.7 Å². The molecular weight excluding hydrogens is 823 g/mol. The van der Waals surface area contributed by atoms with Gasteiger partial charge in [-0.2, -0.15) is 0 Å². The van der Waals surface area contributed by atoms with E-state index < -0.39 is 25.8 Å². The smallest absolute Gasteiger partial charge is 0.381 e. The zero-order valence-corrected chi connectivity index (χ0v) is 36.0. The van der Waals surface area contributed by atoms with Gasteiger partial charge in [-0.3, -0.25) is 24.0 Å². The summed E-state index contributed by atoms with van der Waals surface area (Å²) in [5, 5.41) is 0.557. The summed E-state index contributed by atoms with van der Waals surface area (Å²) >= 11 is 0. The molecule has 0 spiro atoms. The van der Waals surface area contributed by atoms with Crippen LogP contribution < -0.4 is 9.26 Å². The third-order valence-electron chi connectivity index (χ3n) is 11.2. The minimum absolute atomic E-state index is 0.0101. The number of pyridine rings is 1. The van der Waals surface area contributed by atoms with Gasteiger partial charge in [-0.15, -0.1) is 0 Å². The second-order valence-corrected chi connectivity index (χ2v) is 17.5. The van der Waals surface area contributed by atoms with E-state index in [9.17, 15) is 23.3 Å². The van der Waals surface area contributed by atoms with Gasteiger partial charge >= 0.3 is 13.6 Å². The van der Waals surface area contributed by atoms with Gasteiger partial charge in [0.2, 0.25) is 0 Å². The first-order valence-electron chi connectivity index (χ1n) is 21.0. The number of para-hydroxylation sites is 1. The standard InChI is InChI=1S/C49H48FN4O8P/c1-3-59-49(57)34(2)61-63(58,62-39-18-11-6-12-19-39)31-30-52-26-28-53(29-27-52)47(55)42-40-20-13-25-51-44(40)46(60-45(36-14-7-4-8-15-36)37-16-9-5-10-17-37)43-41(42)33-54(48(43)56)32-35-21-23-38(50)24-22-35/h4-25,34,45H,3,26-33H2,1-2H3/t34-,63?/m1/s1. The van der Waals surface area contributed by atoms with Gasteiger partial charge in [-0.1, -0.05) is 97.1 Å². The molecule has 6 aromatic rings. The third-order valence-corrected chi connectivity index (χ3v) is 13.1. The van der Waals surface area contributed by atoms with Crippen LogP contribution in [0, 0.1) is 5.82 Å². The highest BCUT2D eigenvalue weighted by atomic mass is 31.2. The Bertz CT molecular complexity index is 2570. The van der Waals surface area contributed by atoms with Gasteiger partial charge in [0.15, 0.2) is 11.9 Å². The number of fused-ring (bicyclic) bond motifs is 2. The van der Waals surface area contributed by atoms with Gasteiger partial charge < -0.3 is 23.8 Å². The van der Waals surface area contributed by atoms with E-state index in [0.29, 0.717) is 60.5 Å². The molecule has 12 nitrogen and oxygen atoms in total. The molecule has 0 aliphatic carbocycles. The maximum Gasteiger partial charge on any atom is 0.381 e. The molecule has 14 heteroatoms. The highest BCUT2D eigenvalue weighted by molar-refractivity contribution is 7.54. The fraction of sp³-hybridized carbons (Fsp3) is 0.265.